The zero-order valence-corrected chi connectivity index (χ0v) is 11.8. The van der Waals surface area contributed by atoms with Gasteiger partial charge in [-0.1, -0.05) is 38.1 Å². The van der Waals surface area contributed by atoms with Crippen LogP contribution in [0.15, 0.2) is 48.5 Å². The van der Waals surface area contributed by atoms with E-state index in [0.29, 0.717) is 11.5 Å². The minimum Gasteiger partial charge on any atom is -0.388 e. The molecule has 2 aromatic carbocycles. The number of ether oxygens (including phenoxy) is 2. The number of benzene rings is 2. The Hall–Kier alpha value is -2.98. The summed E-state index contributed by atoms with van der Waals surface area (Å²) in [6.45, 7) is 4.12. The third-order valence-electron chi connectivity index (χ3n) is 3.44. The minimum absolute atomic E-state index is 0.316. The van der Waals surface area contributed by atoms with E-state index in [1.165, 1.54) is 0 Å². The van der Waals surface area contributed by atoms with E-state index in [1.54, 1.807) is 24.6 Å². The summed E-state index contributed by atoms with van der Waals surface area (Å²) in [4.78, 5) is 0. The van der Waals surface area contributed by atoms with Crippen molar-refractivity contribution in [3.63, 3.8) is 0 Å². The van der Waals surface area contributed by atoms with Crippen LogP contribution >= 0.6 is 0 Å². The van der Waals surface area contributed by atoms with Gasteiger partial charge in [-0.2, -0.15) is 0 Å². The number of nitriles is 2. The summed E-state index contributed by atoms with van der Waals surface area (Å²) in [7, 11) is 0. The first-order valence-corrected chi connectivity index (χ1v) is 6.41. The largest absolute Gasteiger partial charge is 0.388 e. The van der Waals surface area contributed by atoms with Gasteiger partial charge in [0.15, 0.2) is 0 Å². The van der Waals surface area contributed by atoms with Gasteiger partial charge in [-0.25, -0.2) is 0 Å². The number of hydrogen-bond acceptors (Lipinski definition) is 4. The molecule has 4 heteroatoms. The maximum atomic E-state index is 8.61. The first-order valence-electron chi connectivity index (χ1n) is 6.41. The van der Waals surface area contributed by atoms with Crippen LogP contribution in [-0.2, 0) is 5.41 Å². The zero-order valence-electron chi connectivity index (χ0n) is 11.8. The highest BCUT2D eigenvalue weighted by atomic mass is 16.5. The lowest BCUT2D eigenvalue weighted by Crippen LogP contribution is -2.18. The summed E-state index contributed by atoms with van der Waals surface area (Å²) < 4.78 is 9.76. The van der Waals surface area contributed by atoms with Crippen LogP contribution in [0.2, 0.25) is 0 Å². The van der Waals surface area contributed by atoms with Crippen LogP contribution in [0.4, 0.5) is 0 Å². The van der Waals surface area contributed by atoms with Crippen molar-refractivity contribution < 1.29 is 9.47 Å². The van der Waals surface area contributed by atoms with E-state index in [0.717, 1.165) is 11.1 Å². The normalized spacial score (nSPS) is 10.3. The summed E-state index contributed by atoms with van der Waals surface area (Å²) in [5.74, 6) is 1.01. The van der Waals surface area contributed by atoms with E-state index in [9.17, 15) is 0 Å². The van der Waals surface area contributed by atoms with Crippen molar-refractivity contribution in [2.75, 3.05) is 0 Å². The molecule has 0 saturated carbocycles. The van der Waals surface area contributed by atoms with Crippen LogP contribution in [0.1, 0.15) is 25.0 Å². The molecule has 0 saturated heterocycles. The van der Waals surface area contributed by atoms with E-state index in [1.807, 2.05) is 36.4 Å². The predicted molar refractivity (Wildman–Crippen MR) is 77.5 cm³/mol. The quantitative estimate of drug-likeness (QED) is 0.799. The molecule has 0 aliphatic rings. The van der Waals surface area contributed by atoms with Crippen molar-refractivity contribution in [3.8, 4) is 24.0 Å². The van der Waals surface area contributed by atoms with Gasteiger partial charge >= 0.3 is 0 Å². The molecule has 104 valence electrons. The zero-order chi connectivity index (χ0) is 15.3. The molecule has 0 spiro atoms. The fourth-order valence-corrected chi connectivity index (χ4v) is 2.17. The highest BCUT2D eigenvalue weighted by molar-refractivity contribution is 5.43. The molecule has 0 N–H and O–H groups in total. The van der Waals surface area contributed by atoms with Gasteiger partial charge in [0.05, 0.1) is 0 Å². The minimum atomic E-state index is -0.316. The van der Waals surface area contributed by atoms with Crippen molar-refractivity contribution >= 4 is 0 Å². The average molecular weight is 278 g/mol. The van der Waals surface area contributed by atoms with Crippen LogP contribution in [0.5, 0.6) is 11.5 Å². The fraction of sp³-hybridized carbons (Fsp3) is 0.176. The summed E-state index contributed by atoms with van der Waals surface area (Å²) in [6.07, 6.45) is 3.34. The molecule has 0 heterocycles. The number of nitrogens with zero attached hydrogens (tertiary/aromatic N) is 2. The Bertz CT molecular complexity index is 663. The van der Waals surface area contributed by atoms with Crippen molar-refractivity contribution in [1.82, 2.24) is 0 Å². The first kappa shape index (κ1) is 14.4. The molecule has 4 nitrogen and oxygen atoms in total. The maximum Gasteiger partial charge on any atom is 0.292 e. The molecule has 0 aliphatic carbocycles. The molecule has 0 amide bonds. The van der Waals surface area contributed by atoms with Gasteiger partial charge in [-0.05, 0) is 35.4 Å². The topological polar surface area (TPSA) is 66.0 Å². The second-order valence-electron chi connectivity index (χ2n) is 5.07. The molecule has 21 heavy (non-hydrogen) atoms. The van der Waals surface area contributed by atoms with Crippen molar-refractivity contribution in [2.24, 2.45) is 0 Å². The average Bonchev–Trinajstić information content (AvgIpc) is 2.48. The highest BCUT2D eigenvalue weighted by Gasteiger charge is 2.24. The van der Waals surface area contributed by atoms with Gasteiger partial charge in [-0.3, -0.25) is 0 Å². The van der Waals surface area contributed by atoms with Gasteiger partial charge in [0.2, 0.25) is 0 Å². The molecule has 0 aliphatic heterocycles. The Balaban J connectivity index is 2.42. The van der Waals surface area contributed by atoms with Crippen molar-refractivity contribution in [1.29, 1.82) is 10.5 Å². The number of rotatable bonds is 4. The lowest BCUT2D eigenvalue weighted by atomic mass is 9.78. The van der Waals surface area contributed by atoms with Crippen LogP contribution in [0, 0.1) is 23.0 Å². The molecule has 0 atom stereocenters. The van der Waals surface area contributed by atoms with E-state index in [-0.39, 0.29) is 5.41 Å². The molecular formula is C17H14N2O2. The summed E-state index contributed by atoms with van der Waals surface area (Å²) in [5, 5.41) is 17.2. The number of hydrogen-bond donors (Lipinski definition) is 0. The SMILES string of the molecule is CC(C)(c1cccc(OC#N)c1)c1cccc(OC#N)c1. The molecule has 0 aromatic heterocycles. The lowest BCUT2D eigenvalue weighted by molar-refractivity contribution is 0.500. The molecular weight excluding hydrogens is 264 g/mol. The Kier molecular flexibility index (Phi) is 4.11. The van der Waals surface area contributed by atoms with Gasteiger partial charge in [0.25, 0.3) is 12.5 Å². The fourth-order valence-electron chi connectivity index (χ4n) is 2.17. The van der Waals surface area contributed by atoms with E-state index >= 15 is 0 Å². The van der Waals surface area contributed by atoms with E-state index in [4.69, 9.17) is 20.0 Å². The summed E-state index contributed by atoms with van der Waals surface area (Å²) in [5.41, 5.74) is 1.69. The second-order valence-corrected chi connectivity index (χ2v) is 5.07. The van der Waals surface area contributed by atoms with Gasteiger partial charge in [0.1, 0.15) is 11.5 Å². The molecule has 0 radical (unpaired) electrons. The predicted octanol–water partition coefficient (Wildman–Crippen LogP) is 3.73. The third kappa shape index (κ3) is 3.13. The van der Waals surface area contributed by atoms with E-state index < -0.39 is 0 Å². The van der Waals surface area contributed by atoms with E-state index in [2.05, 4.69) is 13.8 Å². The summed E-state index contributed by atoms with van der Waals surface area (Å²) >= 11 is 0. The van der Waals surface area contributed by atoms with Gasteiger partial charge in [-0.15, -0.1) is 10.5 Å². The smallest absolute Gasteiger partial charge is 0.292 e. The lowest BCUT2D eigenvalue weighted by Gasteiger charge is -2.26. The van der Waals surface area contributed by atoms with Crippen LogP contribution in [0.25, 0.3) is 0 Å². The highest BCUT2D eigenvalue weighted by Crippen LogP contribution is 2.34. The van der Waals surface area contributed by atoms with Crippen LogP contribution in [0.3, 0.4) is 0 Å². The monoisotopic (exact) mass is 278 g/mol. The van der Waals surface area contributed by atoms with Crippen molar-refractivity contribution in [3.05, 3.63) is 59.7 Å². The van der Waals surface area contributed by atoms with Gasteiger partial charge in [0, 0.05) is 5.41 Å². The third-order valence-corrected chi connectivity index (χ3v) is 3.44. The Morgan fingerprint density at radius 3 is 1.62 bits per heavy atom. The standard InChI is InChI=1S/C17H14N2O2/c1-17(2,13-5-3-7-15(9-13)20-11-18)14-6-4-8-16(10-14)21-12-19/h3-10H,1-2H3. The molecule has 0 unspecified atom stereocenters. The molecule has 0 bridgehead atoms. The molecule has 2 aromatic rings. The Morgan fingerprint density at radius 2 is 1.24 bits per heavy atom. The van der Waals surface area contributed by atoms with Crippen molar-refractivity contribution in [2.45, 2.75) is 19.3 Å². The van der Waals surface area contributed by atoms with Crippen LogP contribution in [-0.4, -0.2) is 0 Å². The summed E-state index contributed by atoms with van der Waals surface area (Å²) in [6, 6.07) is 14.8. The Labute approximate surface area is 123 Å². The molecule has 0 fully saturated rings. The maximum absolute atomic E-state index is 8.61. The molecule has 2 rings (SSSR count). The van der Waals surface area contributed by atoms with Crippen LogP contribution < -0.4 is 9.47 Å². The Morgan fingerprint density at radius 1 is 0.810 bits per heavy atom. The second kappa shape index (κ2) is 5.98. The first-order chi connectivity index (χ1) is 10.1. The van der Waals surface area contributed by atoms with Gasteiger partial charge < -0.3 is 9.47 Å².